The summed E-state index contributed by atoms with van der Waals surface area (Å²) in [5.74, 6) is 1.75. The van der Waals surface area contributed by atoms with Gasteiger partial charge in [-0.1, -0.05) is 12.1 Å². The molecule has 0 saturated carbocycles. The van der Waals surface area contributed by atoms with Crippen molar-refractivity contribution in [3.8, 4) is 11.5 Å². The molecule has 25 heavy (non-hydrogen) atoms. The Morgan fingerprint density at radius 3 is 2.88 bits per heavy atom. The Hall–Kier alpha value is -1.80. The summed E-state index contributed by atoms with van der Waals surface area (Å²) in [5.41, 5.74) is 0.850. The molecule has 0 radical (unpaired) electrons. The summed E-state index contributed by atoms with van der Waals surface area (Å²) in [6.07, 6.45) is 7.56. The maximum atomic E-state index is 12.2. The number of aryl methyl sites for hydroxylation is 1. The van der Waals surface area contributed by atoms with Crippen molar-refractivity contribution in [3.63, 3.8) is 0 Å². The van der Waals surface area contributed by atoms with Crippen LogP contribution in [0, 0.1) is 5.92 Å². The summed E-state index contributed by atoms with van der Waals surface area (Å²) >= 11 is 0. The van der Waals surface area contributed by atoms with Crippen molar-refractivity contribution in [2.45, 2.75) is 39.0 Å². The SMILES string of the molecule is CCCS(=O)(=O)N1CCCC(CCc2noc(-c3ccncc3)n2)C1. The van der Waals surface area contributed by atoms with Crippen molar-refractivity contribution in [3.05, 3.63) is 30.4 Å². The molecule has 8 heteroatoms. The lowest BCUT2D eigenvalue weighted by atomic mass is 9.94. The van der Waals surface area contributed by atoms with Crippen LogP contribution in [0.4, 0.5) is 0 Å². The standard InChI is InChI=1S/C17H24N4O3S/c1-2-12-25(22,23)21-11-3-4-14(13-21)5-6-16-19-17(24-20-16)15-7-9-18-10-8-15/h7-10,14H,2-6,11-13H2,1H3. The number of aromatic nitrogens is 3. The lowest BCUT2D eigenvalue weighted by Crippen LogP contribution is -2.41. The number of piperidine rings is 1. The van der Waals surface area contributed by atoms with E-state index >= 15 is 0 Å². The van der Waals surface area contributed by atoms with Gasteiger partial charge in [0.1, 0.15) is 0 Å². The van der Waals surface area contributed by atoms with Crippen LogP contribution in [0.25, 0.3) is 11.5 Å². The van der Waals surface area contributed by atoms with Crippen LogP contribution in [0.15, 0.2) is 29.0 Å². The highest BCUT2D eigenvalue weighted by Gasteiger charge is 2.28. The molecule has 0 spiro atoms. The normalized spacial score (nSPS) is 19.2. The first-order valence-corrected chi connectivity index (χ1v) is 10.4. The summed E-state index contributed by atoms with van der Waals surface area (Å²) in [4.78, 5) is 8.40. The number of rotatable bonds is 7. The van der Waals surface area contributed by atoms with E-state index in [1.54, 1.807) is 16.7 Å². The largest absolute Gasteiger partial charge is 0.334 e. The van der Waals surface area contributed by atoms with Gasteiger partial charge in [0.25, 0.3) is 5.89 Å². The predicted molar refractivity (Wildman–Crippen MR) is 94.2 cm³/mol. The van der Waals surface area contributed by atoms with Crippen LogP contribution >= 0.6 is 0 Å². The second-order valence-electron chi connectivity index (χ2n) is 6.47. The number of hydrogen-bond acceptors (Lipinski definition) is 6. The second-order valence-corrected chi connectivity index (χ2v) is 8.56. The number of hydrogen-bond donors (Lipinski definition) is 0. The minimum absolute atomic E-state index is 0.236. The van der Waals surface area contributed by atoms with Crippen LogP contribution in [0.3, 0.4) is 0 Å². The molecular weight excluding hydrogens is 340 g/mol. The van der Waals surface area contributed by atoms with Crippen LogP contribution in [-0.2, 0) is 16.4 Å². The van der Waals surface area contributed by atoms with Crippen LogP contribution in [0.5, 0.6) is 0 Å². The van der Waals surface area contributed by atoms with Gasteiger partial charge in [-0.3, -0.25) is 4.98 Å². The Morgan fingerprint density at radius 2 is 2.12 bits per heavy atom. The second kappa shape index (κ2) is 8.05. The van der Waals surface area contributed by atoms with Crippen molar-refractivity contribution in [2.75, 3.05) is 18.8 Å². The monoisotopic (exact) mass is 364 g/mol. The van der Waals surface area contributed by atoms with Gasteiger partial charge in [0, 0.05) is 37.5 Å². The molecule has 2 aromatic rings. The lowest BCUT2D eigenvalue weighted by molar-refractivity contribution is 0.254. The van der Waals surface area contributed by atoms with E-state index in [4.69, 9.17) is 4.52 Å². The van der Waals surface area contributed by atoms with Crippen LogP contribution in [0.1, 0.15) is 38.4 Å². The van der Waals surface area contributed by atoms with E-state index in [0.29, 0.717) is 43.6 Å². The number of nitrogens with zero attached hydrogens (tertiary/aromatic N) is 4. The van der Waals surface area contributed by atoms with Crippen molar-refractivity contribution in [1.82, 2.24) is 19.4 Å². The molecule has 2 aromatic heterocycles. The van der Waals surface area contributed by atoms with E-state index in [9.17, 15) is 8.42 Å². The average Bonchev–Trinajstić information content (AvgIpc) is 3.10. The first kappa shape index (κ1) is 18.0. The fourth-order valence-electron chi connectivity index (χ4n) is 3.20. The molecule has 0 N–H and O–H groups in total. The highest BCUT2D eigenvalue weighted by molar-refractivity contribution is 7.89. The minimum atomic E-state index is -3.10. The molecule has 1 atom stereocenters. The van der Waals surface area contributed by atoms with Gasteiger partial charge in [0.2, 0.25) is 10.0 Å². The van der Waals surface area contributed by atoms with Crippen molar-refractivity contribution in [1.29, 1.82) is 0 Å². The molecule has 0 aliphatic carbocycles. The maximum Gasteiger partial charge on any atom is 0.258 e. The highest BCUT2D eigenvalue weighted by atomic mass is 32.2. The Labute approximate surface area is 148 Å². The van der Waals surface area contributed by atoms with Gasteiger partial charge in [-0.15, -0.1) is 0 Å². The lowest BCUT2D eigenvalue weighted by Gasteiger charge is -2.31. The molecule has 1 aliphatic rings. The molecule has 3 rings (SSSR count). The zero-order valence-corrected chi connectivity index (χ0v) is 15.3. The van der Waals surface area contributed by atoms with E-state index in [2.05, 4.69) is 15.1 Å². The highest BCUT2D eigenvalue weighted by Crippen LogP contribution is 2.24. The van der Waals surface area contributed by atoms with Crippen LogP contribution < -0.4 is 0 Å². The third-order valence-electron chi connectivity index (χ3n) is 4.51. The molecule has 136 valence electrons. The topological polar surface area (TPSA) is 89.2 Å². The molecule has 1 unspecified atom stereocenters. The van der Waals surface area contributed by atoms with Crippen LogP contribution in [0.2, 0.25) is 0 Å². The maximum absolute atomic E-state index is 12.2. The van der Waals surface area contributed by atoms with E-state index in [1.807, 2.05) is 19.1 Å². The third kappa shape index (κ3) is 4.64. The summed E-state index contributed by atoms with van der Waals surface area (Å²) in [5, 5.41) is 4.04. The van der Waals surface area contributed by atoms with Crippen molar-refractivity contribution in [2.24, 2.45) is 5.92 Å². The zero-order chi connectivity index (χ0) is 17.7. The predicted octanol–water partition coefficient (Wildman–Crippen LogP) is 2.52. The molecular formula is C17H24N4O3S. The fraction of sp³-hybridized carbons (Fsp3) is 0.588. The molecule has 1 aliphatic heterocycles. The minimum Gasteiger partial charge on any atom is -0.334 e. The van der Waals surface area contributed by atoms with Crippen LogP contribution in [-0.4, -0.2) is 46.7 Å². The first-order chi connectivity index (χ1) is 12.1. The molecule has 0 aromatic carbocycles. The average molecular weight is 364 g/mol. The van der Waals surface area contributed by atoms with Crippen molar-refractivity contribution >= 4 is 10.0 Å². The Bertz CT molecular complexity index is 776. The molecule has 0 bridgehead atoms. The van der Waals surface area contributed by atoms with Gasteiger partial charge >= 0.3 is 0 Å². The van der Waals surface area contributed by atoms with E-state index < -0.39 is 10.0 Å². The summed E-state index contributed by atoms with van der Waals surface area (Å²) in [6.45, 7) is 3.15. The zero-order valence-electron chi connectivity index (χ0n) is 14.5. The van der Waals surface area contributed by atoms with E-state index in [-0.39, 0.29) is 5.75 Å². The molecule has 7 nitrogen and oxygen atoms in total. The summed E-state index contributed by atoms with van der Waals surface area (Å²) in [7, 11) is -3.10. The molecule has 1 fully saturated rings. The Balaban J connectivity index is 1.56. The molecule has 3 heterocycles. The number of pyridine rings is 1. The summed E-state index contributed by atoms with van der Waals surface area (Å²) in [6, 6.07) is 3.66. The molecule has 1 saturated heterocycles. The Morgan fingerprint density at radius 1 is 1.32 bits per heavy atom. The van der Waals surface area contributed by atoms with E-state index in [0.717, 1.165) is 24.8 Å². The number of sulfonamides is 1. The first-order valence-electron chi connectivity index (χ1n) is 8.79. The quantitative estimate of drug-likeness (QED) is 0.750. The third-order valence-corrected chi connectivity index (χ3v) is 6.55. The summed E-state index contributed by atoms with van der Waals surface area (Å²) < 4.78 is 31.5. The van der Waals surface area contributed by atoms with Gasteiger partial charge in [0.05, 0.1) is 5.75 Å². The van der Waals surface area contributed by atoms with Gasteiger partial charge in [0.15, 0.2) is 5.82 Å². The van der Waals surface area contributed by atoms with Gasteiger partial charge in [-0.2, -0.15) is 4.98 Å². The Kier molecular flexibility index (Phi) is 5.80. The molecule has 0 amide bonds. The van der Waals surface area contributed by atoms with E-state index in [1.165, 1.54) is 0 Å². The van der Waals surface area contributed by atoms with Crippen molar-refractivity contribution < 1.29 is 12.9 Å². The smallest absolute Gasteiger partial charge is 0.258 e. The van der Waals surface area contributed by atoms with Gasteiger partial charge in [-0.25, -0.2) is 12.7 Å². The van der Waals surface area contributed by atoms with Gasteiger partial charge < -0.3 is 4.52 Å². The van der Waals surface area contributed by atoms with Gasteiger partial charge in [-0.05, 0) is 43.7 Å². The fourth-order valence-corrected chi connectivity index (χ4v) is 4.82.